The SMILES string of the molecule is O=C(OCc1ccccc1)N1c2cc(Br)cc(F)c2CCC1C(F)(F)F. The lowest BCUT2D eigenvalue weighted by Crippen LogP contribution is -2.52. The average Bonchev–Trinajstić information content (AvgIpc) is 2.58. The highest BCUT2D eigenvalue weighted by Crippen LogP contribution is 2.40. The number of alkyl halides is 3. The predicted molar refractivity (Wildman–Crippen MR) is 91.4 cm³/mol. The van der Waals surface area contributed by atoms with Crippen LogP contribution >= 0.6 is 15.9 Å². The van der Waals surface area contributed by atoms with E-state index in [1.165, 1.54) is 12.1 Å². The van der Waals surface area contributed by atoms with Gasteiger partial charge in [-0.2, -0.15) is 13.2 Å². The smallest absolute Gasteiger partial charge is 0.415 e. The van der Waals surface area contributed by atoms with Crippen LogP contribution in [0.2, 0.25) is 0 Å². The Morgan fingerprint density at radius 3 is 2.58 bits per heavy atom. The lowest BCUT2D eigenvalue weighted by atomic mass is 9.95. The van der Waals surface area contributed by atoms with Crippen LogP contribution < -0.4 is 4.90 Å². The summed E-state index contributed by atoms with van der Waals surface area (Å²) < 4.78 is 59.8. The molecule has 0 saturated carbocycles. The molecule has 8 heteroatoms. The van der Waals surface area contributed by atoms with E-state index in [1.54, 1.807) is 30.3 Å². The minimum Gasteiger partial charge on any atom is -0.444 e. The maximum atomic E-state index is 14.2. The molecule has 0 aliphatic carbocycles. The molecule has 26 heavy (non-hydrogen) atoms. The van der Waals surface area contributed by atoms with Gasteiger partial charge in [-0.25, -0.2) is 9.18 Å². The Balaban J connectivity index is 1.93. The van der Waals surface area contributed by atoms with Crippen LogP contribution in [0.15, 0.2) is 46.9 Å². The van der Waals surface area contributed by atoms with Crippen LogP contribution in [0.5, 0.6) is 0 Å². The zero-order valence-corrected chi connectivity index (χ0v) is 15.0. The van der Waals surface area contributed by atoms with Crippen molar-refractivity contribution in [3.63, 3.8) is 0 Å². The van der Waals surface area contributed by atoms with Gasteiger partial charge in [-0.15, -0.1) is 0 Å². The van der Waals surface area contributed by atoms with Gasteiger partial charge < -0.3 is 4.74 Å². The van der Waals surface area contributed by atoms with E-state index in [4.69, 9.17) is 4.74 Å². The maximum Gasteiger partial charge on any atom is 0.415 e. The van der Waals surface area contributed by atoms with Crippen LogP contribution in [0.3, 0.4) is 0 Å². The molecule has 0 fully saturated rings. The van der Waals surface area contributed by atoms with E-state index in [9.17, 15) is 22.4 Å². The van der Waals surface area contributed by atoms with Crippen LogP contribution in [0.1, 0.15) is 17.5 Å². The molecule has 0 N–H and O–H groups in total. The number of carbonyl (C=O) groups excluding carboxylic acids is 1. The molecule has 2 aromatic rings. The van der Waals surface area contributed by atoms with E-state index in [1.807, 2.05) is 0 Å². The number of halogens is 5. The zero-order chi connectivity index (χ0) is 18.9. The summed E-state index contributed by atoms with van der Waals surface area (Å²) in [6, 6.07) is 9.01. The van der Waals surface area contributed by atoms with Crippen molar-refractivity contribution in [3.8, 4) is 0 Å². The highest BCUT2D eigenvalue weighted by atomic mass is 79.9. The minimum atomic E-state index is -4.65. The van der Waals surface area contributed by atoms with Crippen molar-refractivity contribution < 1.29 is 27.1 Å². The highest BCUT2D eigenvalue weighted by molar-refractivity contribution is 9.10. The van der Waals surface area contributed by atoms with E-state index in [0.717, 1.165) is 0 Å². The Labute approximate surface area is 155 Å². The van der Waals surface area contributed by atoms with Crippen molar-refractivity contribution in [1.82, 2.24) is 0 Å². The molecule has 0 saturated heterocycles. The van der Waals surface area contributed by atoms with Crippen molar-refractivity contribution in [1.29, 1.82) is 0 Å². The Hall–Kier alpha value is -2.09. The number of amides is 1. The van der Waals surface area contributed by atoms with Crippen LogP contribution in [-0.2, 0) is 17.8 Å². The van der Waals surface area contributed by atoms with Gasteiger partial charge in [-0.1, -0.05) is 46.3 Å². The van der Waals surface area contributed by atoms with Gasteiger partial charge in [0, 0.05) is 10.0 Å². The molecule has 0 aromatic heterocycles. The maximum absolute atomic E-state index is 14.2. The quantitative estimate of drug-likeness (QED) is 0.578. The summed E-state index contributed by atoms with van der Waals surface area (Å²) in [5.74, 6) is -0.657. The van der Waals surface area contributed by atoms with E-state index < -0.39 is 30.5 Å². The third-order valence-electron chi connectivity index (χ3n) is 4.16. The molecule has 1 heterocycles. The lowest BCUT2D eigenvalue weighted by Gasteiger charge is -2.37. The summed E-state index contributed by atoms with van der Waals surface area (Å²) in [5.41, 5.74) is 0.593. The molecular formula is C18H14BrF4NO2. The second-order valence-corrected chi connectivity index (χ2v) is 6.81. The summed E-state index contributed by atoms with van der Waals surface area (Å²) in [5, 5.41) is 0. The molecule has 1 aliphatic heterocycles. The van der Waals surface area contributed by atoms with Gasteiger partial charge >= 0.3 is 12.3 Å². The molecule has 0 bridgehead atoms. The number of fused-ring (bicyclic) bond motifs is 1. The van der Waals surface area contributed by atoms with E-state index in [2.05, 4.69) is 15.9 Å². The van der Waals surface area contributed by atoms with E-state index in [-0.39, 0.29) is 28.8 Å². The summed E-state index contributed by atoms with van der Waals surface area (Å²) in [4.78, 5) is 13.0. The fourth-order valence-electron chi connectivity index (χ4n) is 2.95. The molecule has 1 unspecified atom stereocenters. The van der Waals surface area contributed by atoms with Crippen LogP contribution in [-0.4, -0.2) is 18.3 Å². The second-order valence-electron chi connectivity index (χ2n) is 5.89. The van der Waals surface area contributed by atoms with Gasteiger partial charge in [0.1, 0.15) is 18.5 Å². The number of benzene rings is 2. The standard InChI is InChI=1S/C18H14BrF4NO2/c19-12-8-14(20)13-6-7-16(18(21,22)23)24(15(13)9-12)17(25)26-10-11-4-2-1-3-5-11/h1-5,8-9,16H,6-7,10H2. The zero-order valence-electron chi connectivity index (χ0n) is 13.4. The number of anilines is 1. The molecule has 3 rings (SSSR count). The Bertz CT molecular complexity index is 811. The fourth-order valence-corrected chi connectivity index (χ4v) is 3.37. The third kappa shape index (κ3) is 3.85. The second kappa shape index (κ2) is 7.26. The molecule has 1 amide bonds. The first kappa shape index (κ1) is 18.7. The topological polar surface area (TPSA) is 29.5 Å². The molecule has 138 valence electrons. The van der Waals surface area contributed by atoms with Gasteiger partial charge in [0.15, 0.2) is 0 Å². The Morgan fingerprint density at radius 1 is 1.23 bits per heavy atom. The number of carbonyl (C=O) groups is 1. The van der Waals surface area contributed by atoms with Crippen LogP contribution in [0.25, 0.3) is 0 Å². The monoisotopic (exact) mass is 431 g/mol. The fraction of sp³-hybridized carbons (Fsp3) is 0.278. The first-order chi connectivity index (χ1) is 12.3. The van der Waals surface area contributed by atoms with Gasteiger partial charge in [-0.3, -0.25) is 4.90 Å². The first-order valence-corrected chi connectivity index (χ1v) is 8.61. The van der Waals surface area contributed by atoms with Crippen LogP contribution in [0.4, 0.5) is 28.0 Å². The first-order valence-electron chi connectivity index (χ1n) is 7.82. The van der Waals surface area contributed by atoms with Crippen LogP contribution in [0, 0.1) is 5.82 Å². The van der Waals surface area contributed by atoms with Crippen molar-refractivity contribution in [2.24, 2.45) is 0 Å². The summed E-state index contributed by atoms with van der Waals surface area (Å²) in [6.45, 7) is -0.174. The summed E-state index contributed by atoms with van der Waals surface area (Å²) >= 11 is 3.06. The molecule has 1 aliphatic rings. The van der Waals surface area contributed by atoms with Gasteiger partial charge in [0.2, 0.25) is 0 Å². The van der Waals surface area contributed by atoms with Gasteiger partial charge in [-0.05, 0) is 30.5 Å². The number of ether oxygens (including phenoxy) is 1. The predicted octanol–water partition coefficient (Wildman–Crippen LogP) is 5.61. The molecule has 2 aromatic carbocycles. The number of hydrogen-bond acceptors (Lipinski definition) is 2. The Morgan fingerprint density at radius 2 is 1.92 bits per heavy atom. The summed E-state index contributed by atoms with van der Waals surface area (Å²) in [6.07, 6.45) is -6.34. The average molecular weight is 432 g/mol. The molecule has 0 radical (unpaired) electrons. The third-order valence-corrected chi connectivity index (χ3v) is 4.61. The van der Waals surface area contributed by atoms with Crippen molar-refractivity contribution in [2.75, 3.05) is 4.90 Å². The molecule has 3 nitrogen and oxygen atoms in total. The van der Waals surface area contributed by atoms with E-state index in [0.29, 0.717) is 10.5 Å². The Kier molecular flexibility index (Phi) is 5.22. The van der Waals surface area contributed by atoms with Crippen molar-refractivity contribution >= 4 is 27.7 Å². The normalized spacial score (nSPS) is 17.0. The van der Waals surface area contributed by atoms with Crippen molar-refractivity contribution in [2.45, 2.75) is 31.7 Å². The van der Waals surface area contributed by atoms with Gasteiger partial charge in [0.25, 0.3) is 0 Å². The molecular weight excluding hydrogens is 418 g/mol. The van der Waals surface area contributed by atoms with Crippen molar-refractivity contribution in [3.05, 3.63) is 63.9 Å². The molecule has 0 spiro atoms. The molecule has 1 atom stereocenters. The number of nitrogens with zero attached hydrogens (tertiary/aromatic N) is 1. The largest absolute Gasteiger partial charge is 0.444 e. The summed E-state index contributed by atoms with van der Waals surface area (Å²) in [7, 11) is 0. The number of hydrogen-bond donors (Lipinski definition) is 0. The van der Waals surface area contributed by atoms with Gasteiger partial charge in [0.05, 0.1) is 5.69 Å². The number of rotatable bonds is 2. The lowest BCUT2D eigenvalue weighted by molar-refractivity contribution is -0.150. The highest BCUT2D eigenvalue weighted by Gasteiger charge is 2.49. The van der Waals surface area contributed by atoms with E-state index >= 15 is 0 Å². The minimum absolute atomic E-state index is 0.0744.